The van der Waals surface area contributed by atoms with Crippen LogP contribution in [0.4, 0.5) is 10.5 Å². The second-order valence-electron chi connectivity index (χ2n) is 6.62. The molecule has 0 saturated carbocycles. The third kappa shape index (κ3) is 5.64. The van der Waals surface area contributed by atoms with Gasteiger partial charge < -0.3 is 20.2 Å². The SMILES string of the molecule is CSc1cccc(NC(=O)N2CC[C@@H](N(C)C)[C@@H](CCC(=O)O)C2)c1. The van der Waals surface area contributed by atoms with Gasteiger partial charge in [-0.25, -0.2) is 4.79 Å². The van der Waals surface area contributed by atoms with E-state index in [2.05, 4.69) is 10.2 Å². The quantitative estimate of drug-likeness (QED) is 0.758. The highest BCUT2D eigenvalue weighted by Gasteiger charge is 2.32. The Bertz CT molecular complexity index is 609. The maximum absolute atomic E-state index is 12.6. The zero-order chi connectivity index (χ0) is 18.4. The molecule has 1 aromatic carbocycles. The Kier molecular flexibility index (Phi) is 7.13. The van der Waals surface area contributed by atoms with Gasteiger partial charge in [-0.2, -0.15) is 0 Å². The van der Waals surface area contributed by atoms with E-state index in [1.807, 2.05) is 44.6 Å². The molecule has 2 atom stereocenters. The molecule has 0 radical (unpaired) electrons. The Hall–Kier alpha value is -1.73. The fraction of sp³-hybridized carbons (Fsp3) is 0.556. The number of amides is 2. The van der Waals surface area contributed by atoms with Crippen molar-refractivity contribution in [3.05, 3.63) is 24.3 Å². The van der Waals surface area contributed by atoms with Gasteiger partial charge in [0.1, 0.15) is 0 Å². The van der Waals surface area contributed by atoms with E-state index in [9.17, 15) is 9.59 Å². The van der Waals surface area contributed by atoms with Crippen molar-refractivity contribution in [1.82, 2.24) is 9.80 Å². The molecule has 0 unspecified atom stereocenters. The summed E-state index contributed by atoms with van der Waals surface area (Å²) in [5.41, 5.74) is 0.786. The maximum Gasteiger partial charge on any atom is 0.321 e. The van der Waals surface area contributed by atoms with Gasteiger partial charge in [0.2, 0.25) is 0 Å². The summed E-state index contributed by atoms with van der Waals surface area (Å²) in [7, 11) is 4.03. The van der Waals surface area contributed by atoms with Gasteiger partial charge in [-0.3, -0.25) is 4.79 Å². The summed E-state index contributed by atoms with van der Waals surface area (Å²) in [4.78, 5) is 28.6. The monoisotopic (exact) mass is 365 g/mol. The highest BCUT2D eigenvalue weighted by molar-refractivity contribution is 7.98. The van der Waals surface area contributed by atoms with Crippen LogP contribution in [-0.4, -0.2) is 66.4 Å². The molecule has 138 valence electrons. The van der Waals surface area contributed by atoms with Crippen molar-refractivity contribution >= 4 is 29.4 Å². The minimum atomic E-state index is -0.784. The highest BCUT2D eigenvalue weighted by Crippen LogP contribution is 2.26. The minimum Gasteiger partial charge on any atom is -0.481 e. The Balaban J connectivity index is 2.00. The molecule has 6 nitrogen and oxygen atoms in total. The number of carboxylic acids is 1. The van der Waals surface area contributed by atoms with Crippen molar-refractivity contribution in [3.63, 3.8) is 0 Å². The van der Waals surface area contributed by atoms with Gasteiger partial charge in [-0.15, -0.1) is 11.8 Å². The molecule has 1 heterocycles. The third-order valence-electron chi connectivity index (χ3n) is 4.69. The summed E-state index contributed by atoms with van der Waals surface area (Å²) in [6.45, 7) is 1.27. The zero-order valence-corrected chi connectivity index (χ0v) is 15.9. The number of nitrogens with one attached hydrogen (secondary N) is 1. The molecule has 2 rings (SSSR count). The summed E-state index contributed by atoms with van der Waals surface area (Å²) in [5.74, 6) is -0.615. The van der Waals surface area contributed by atoms with Gasteiger partial charge in [0.05, 0.1) is 0 Å². The molecule has 1 fully saturated rings. The van der Waals surface area contributed by atoms with Crippen molar-refractivity contribution in [2.24, 2.45) is 5.92 Å². The maximum atomic E-state index is 12.6. The molecule has 1 aromatic rings. The molecule has 2 N–H and O–H groups in total. The van der Waals surface area contributed by atoms with E-state index in [1.165, 1.54) is 0 Å². The number of likely N-dealkylation sites (tertiary alicyclic amines) is 1. The Labute approximate surface area is 153 Å². The first-order valence-electron chi connectivity index (χ1n) is 8.49. The van der Waals surface area contributed by atoms with Crippen LogP contribution in [0.2, 0.25) is 0 Å². The third-order valence-corrected chi connectivity index (χ3v) is 5.42. The predicted octanol–water partition coefficient (Wildman–Crippen LogP) is 3.06. The Morgan fingerprint density at radius 1 is 1.40 bits per heavy atom. The second-order valence-corrected chi connectivity index (χ2v) is 7.50. The van der Waals surface area contributed by atoms with E-state index < -0.39 is 5.97 Å². The molecule has 1 aliphatic rings. The van der Waals surface area contributed by atoms with E-state index >= 15 is 0 Å². The van der Waals surface area contributed by atoms with Crippen LogP contribution in [0.3, 0.4) is 0 Å². The van der Waals surface area contributed by atoms with Gasteiger partial charge in [-0.05, 0) is 57.3 Å². The minimum absolute atomic E-state index is 0.115. The van der Waals surface area contributed by atoms with Crippen LogP contribution in [-0.2, 0) is 4.79 Å². The summed E-state index contributed by atoms with van der Waals surface area (Å²) in [6, 6.07) is 7.96. The van der Waals surface area contributed by atoms with Crippen LogP contribution in [0.1, 0.15) is 19.3 Å². The van der Waals surface area contributed by atoms with E-state index in [-0.39, 0.29) is 18.4 Å². The number of nitrogens with zero attached hydrogens (tertiary/aromatic N) is 2. The summed E-state index contributed by atoms with van der Waals surface area (Å²) in [6.07, 6.45) is 3.58. The number of thioether (sulfide) groups is 1. The van der Waals surface area contributed by atoms with E-state index in [0.717, 1.165) is 17.0 Å². The zero-order valence-electron chi connectivity index (χ0n) is 15.1. The number of aliphatic carboxylic acids is 1. The van der Waals surface area contributed by atoms with Crippen LogP contribution in [0.15, 0.2) is 29.2 Å². The molecule has 0 aliphatic carbocycles. The molecule has 0 bridgehead atoms. The molecule has 25 heavy (non-hydrogen) atoms. The number of anilines is 1. The molecule has 0 aromatic heterocycles. The van der Waals surface area contributed by atoms with Gasteiger partial charge >= 0.3 is 12.0 Å². The number of carbonyl (C=O) groups is 2. The number of hydrogen-bond donors (Lipinski definition) is 2. The number of hydrogen-bond acceptors (Lipinski definition) is 4. The fourth-order valence-corrected chi connectivity index (χ4v) is 3.84. The summed E-state index contributed by atoms with van der Waals surface area (Å²) >= 11 is 1.63. The number of urea groups is 1. The van der Waals surface area contributed by atoms with Crippen LogP contribution in [0.5, 0.6) is 0 Å². The van der Waals surface area contributed by atoms with Crippen molar-refractivity contribution in [3.8, 4) is 0 Å². The number of carbonyl (C=O) groups excluding carboxylic acids is 1. The van der Waals surface area contributed by atoms with Crippen molar-refractivity contribution in [2.75, 3.05) is 38.8 Å². The first kappa shape index (κ1) is 19.6. The fourth-order valence-electron chi connectivity index (χ4n) is 3.38. The molecule has 1 saturated heterocycles. The summed E-state index contributed by atoms with van der Waals surface area (Å²) in [5, 5.41) is 11.9. The highest BCUT2D eigenvalue weighted by atomic mass is 32.2. The lowest BCUT2D eigenvalue weighted by molar-refractivity contribution is -0.137. The smallest absolute Gasteiger partial charge is 0.321 e. The summed E-state index contributed by atoms with van der Waals surface area (Å²) < 4.78 is 0. The van der Waals surface area contributed by atoms with E-state index in [1.54, 1.807) is 16.7 Å². The first-order chi connectivity index (χ1) is 11.9. The number of benzene rings is 1. The average molecular weight is 365 g/mol. The molecular formula is C18H27N3O3S. The van der Waals surface area contributed by atoms with Crippen molar-refractivity contribution in [2.45, 2.75) is 30.2 Å². The van der Waals surface area contributed by atoms with Crippen LogP contribution >= 0.6 is 11.8 Å². The predicted molar refractivity (Wildman–Crippen MR) is 101 cm³/mol. The Morgan fingerprint density at radius 3 is 2.80 bits per heavy atom. The van der Waals surface area contributed by atoms with Crippen LogP contribution in [0.25, 0.3) is 0 Å². The van der Waals surface area contributed by atoms with Crippen molar-refractivity contribution in [1.29, 1.82) is 0 Å². The van der Waals surface area contributed by atoms with E-state index in [0.29, 0.717) is 25.6 Å². The standard InChI is InChI=1S/C18H27N3O3S/c1-20(2)16-9-10-21(12-13(16)7-8-17(22)23)18(24)19-14-5-4-6-15(11-14)25-3/h4-6,11,13,16H,7-10,12H2,1-3H3,(H,19,24)(H,22,23)/t13-,16+/m0/s1. The molecule has 1 aliphatic heterocycles. The van der Waals surface area contributed by atoms with Gasteiger partial charge in [-0.1, -0.05) is 6.07 Å². The van der Waals surface area contributed by atoms with Gasteiger partial charge in [0.25, 0.3) is 0 Å². The largest absolute Gasteiger partial charge is 0.481 e. The number of carboxylic acid groups (broad SMARTS) is 1. The van der Waals surface area contributed by atoms with Crippen LogP contribution < -0.4 is 5.32 Å². The molecule has 2 amide bonds. The molecule has 0 spiro atoms. The second kappa shape index (κ2) is 9.10. The normalized spacial score (nSPS) is 20.6. The number of piperidine rings is 1. The van der Waals surface area contributed by atoms with Crippen molar-refractivity contribution < 1.29 is 14.7 Å². The van der Waals surface area contributed by atoms with Gasteiger partial charge in [0.15, 0.2) is 0 Å². The molecular weight excluding hydrogens is 338 g/mol. The topological polar surface area (TPSA) is 72.9 Å². The van der Waals surface area contributed by atoms with Gasteiger partial charge in [0, 0.05) is 36.1 Å². The lowest BCUT2D eigenvalue weighted by Gasteiger charge is -2.41. The lowest BCUT2D eigenvalue weighted by Crippen LogP contribution is -2.51. The number of rotatable bonds is 6. The lowest BCUT2D eigenvalue weighted by atomic mass is 9.87. The first-order valence-corrected chi connectivity index (χ1v) is 9.71. The average Bonchev–Trinajstić information content (AvgIpc) is 2.59. The Morgan fingerprint density at radius 2 is 2.16 bits per heavy atom. The van der Waals surface area contributed by atoms with Crippen LogP contribution in [0, 0.1) is 5.92 Å². The molecule has 7 heteroatoms. The van der Waals surface area contributed by atoms with E-state index in [4.69, 9.17) is 5.11 Å².